The summed E-state index contributed by atoms with van der Waals surface area (Å²) >= 11 is 0. The number of morpholine rings is 1. The lowest BCUT2D eigenvalue weighted by atomic mass is 10.1. The predicted octanol–water partition coefficient (Wildman–Crippen LogP) is 2.53. The number of nitrogens with zero attached hydrogens (tertiary/aromatic N) is 7. The van der Waals surface area contributed by atoms with Crippen molar-refractivity contribution in [2.24, 2.45) is 0 Å². The van der Waals surface area contributed by atoms with Crippen molar-refractivity contribution in [1.82, 2.24) is 29.7 Å². The SMILES string of the molecule is Cc1nc2cnc(N3C[C@H](C)O[C@@H](c4cnn(C5CC5)c4)C3)nc2nc1C. The fourth-order valence-electron chi connectivity index (χ4n) is 3.53. The number of aryl methyl sites for hydroxylation is 2. The molecule has 8 nitrogen and oxygen atoms in total. The molecule has 0 bridgehead atoms. The zero-order valence-corrected chi connectivity index (χ0v) is 15.8. The fourth-order valence-corrected chi connectivity index (χ4v) is 3.53. The molecule has 1 aliphatic carbocycles. The highest BCUT2D eigenvalue weighted by atomic mass is 16.5. The van der Waals surface area contributed by atoms with Gasteiger partial charge in [-0.25, -0.2) is 15.0 Å². The molecule has 0 unspecified atom stereocenters. The summed E-state index contributed by atoms with van der Waals surface area (Å²) < 4.78 is 8.25. The maximum atomic E-state index is 6.18. The van der Waals surface area contributed by atoms with E-state index in [0.717, 1.165) is 29.0 Å². The first-order valence-electron chi connectivity index (χ1n) is 9.49. The summed E-state index contributed by atoms with van der Waals surface area (Å²) in [5.41, 5.74) is 4.29. The Balaban J connectivity index is 1.43. The van der Waals surface area contributed by atoms with Crippen molar-refractivity contribution >= 4 is 17.1 Å². The lowest BCUT2D eigenvalue weighted by Gasteiger charge is -2.36. The number of anilines is 1. The van der Waals surface area contributed by atoms with Crippen LogP contribution in [0.15, 0.2) is 18.6 Å². The van der Waals surface area contributed by atoms with Crippen LogP contribution in [0.5, 0.6) is 0 Å². The van der Waals surface area contributed by atoms with Gasteiger partial charge in [-0.05, 0) is 33.6 Å². The number of aromatic nitrogens is 6. The average molecular weight is 365 g/mol. The molecular formula is C19H23N7O. The van der Waals surface area contributed by atoms with E-state index in [-0.39, 0.29) is 12.2 Å². The Morgan fingerprint density at radius 1 is 1.04 bits per heavy atom. The van der Waals surface area contributed by atoms with Gasteiger partial charge in [0, 0.05) is 18.3 Å². The predicted molar refractivity (Wildman–Crippen MR) is 101 cm³/mol. The quantitative estimate of drug-likeness (QED) is 0.705. The third-order valence-electron chi connectivity index (χ3n) is 5.28. The summed E-state index contributed by atoms with van der Waals surface area (Å²) in [5.74, 6) is 0.676. The molecule has 5 rings (SSSR count). The van der Waals surface area contributed by atoms with Gasteiger partial charge in [-0.2, -0.15) is 10.1 Å². The van der Waals surface area contributed by atoms with E-state index >= 15 is 0 Å². The van der Waals surface area contributed by atoms with E-state index in [4.69, 9.17) is 4.74 Å². The highest BCUT2D eigenvalue weighted by Gasteiger charge is 2.31. The van der Waals surface area contributed by atoms with E-state index in [1.165, 1.54) is 12.8 Å². The van der Waals surface area contributed by atoms with E-state index in [9.17, 15) is 0 Å². The van der Waals surface area contributed by atoms with Crippen LogP contribution >= 0.6 is 0 Å². The zero-order valence-electron chi connectivity index (χ0n) is 15.8. The largest absolute Gasteiger partial charge is 0.367 e. The third-order valence-corrected chi connectivity index (χ3v) is 5.28. The van der Waals surface area contributed by atoms with Gasteiger partial charge in [0.25, 0.3) is 0 Å². The smallest absolute Gasteiger partial charge is 0.227 e. The number of hydrogen-bond donors (Lipinski definition) is 0. The van der Waals surface area contributed by atoms with Crippen molar-refractivity contribution in [2.45, 2.75) is 51.9 Å². The monoisotopic (exact) mass is 365 g/mol. The molecule has 1 saturated carbocycles. The second-order valence-corrected chi connectivity index (χ2v) is 7.60. The van der Waals surface area contributed by atoms with E-state index in [1.54, 1.807) is 6.20 Å². The molecule has 3 aromatic rings. The van der Waals surface area contributed by atoms with Crippen LogP contribution in [0, 0.1) is 13.8 Å². The van der Waals surface area contributed by atoms with Crippen LogP contribution in [0.1, 0.15) is 48.9 Å². The van der Waals surface area contributed by atoms with Crippen LogP contribution in [-0.2, 0) is 4.74 Å². The molecule has 4 heterocycles. The molecule has 1 aliphatic heterocycles. The molecule has 0 aromatic carbocycles. The molecule has 0 amide bonds. The Bertz CT molecular complexity index is 997. The van der Waals surface area contributed by atoms with Crippen molar-refractivity contribution in [1.29, 1.82) is 0 Å². The number of fused-ring (bicyclic) bond motifs is 1. The van der Waals surface area contributed by atoms with Gasteiger partial charge in [-0.1, -0.05) is 0 Å². The Labute approximate surface area is 157 Å². The molecule has 1 saturated heterocycles. The van der Waals surface area contributed by atoms with Gasteiger partial charge < -0.3 is 9.64 Å². The standard InChI is InChI=1S/C19H23N7O/c1-11-8-25(10-17(27-11)14-6-21-26(9-14)15-4-5-15)19-20-7-16-18(24-19)23-13(3)12(2)22-16/h6-7,9,11,15,17H,4-5,8,10H2,1-3H3/t11-,17+/m0/s1. The van der Waals surface area contributed by atoms with Gasteiger partial charge in [0.15, 0.2) is 5.65 Å². The van der Waals surface area contributed by atoms with Gasteiger partial charge in [0.05, 0.1) is 42.5 Å². The van der Waals surface area contributed by atoms with Crippen molar-refractivity contribution in [2.75, 3.05) is 18.0 Å². The van der Waals surface area contributed by atoms with Crippen molar-refractivity contribution in [3.8, 4) is 0 Å². The molecule has 0 radical (unpaired) electrons. The fraction of sp³-hybridized carbons (Fsp3) is 0.526. The first-order chi connectivity index (χ1) is 13.1. The normalized spacial score (nSPS) is 23.1. The molecule has 8 heteroatoms. The minimum absolute atomic E-state index is 0.0358. The molecule has 2 atom stereocenters. The third kappa shape index (κ3) is 3.14. The van der Waals surface area contributed by atoms with Crippen LogP contribution in [0.25, 0.3) is 11.2 Å². The second kappa shape index (κ2) is 6.23. The van der Waals surface area contributed by atoms with Gasteiger partial charge in [-0.3, -0.25) is 4.68 Å². The molecule has 2 fully saturated rings. The van der Waals surface area contributed by atoms with E-state index in [0.29, 0.717) is 24.2 Å². The van der Waals surface area contributed by atoms with Crippen molar-refractivity contribution in [3.05, 3.63) is 35.5 Å². The van der Waals surface area contributed by atoms with Crippen LogP contribution in [0.4, 0.5) is 5.95 Å². The van der Waals surface area contributed by atoms with E-state index in [2.05, 4.69) is 47.7 Å². The molecule has 3 aromatic heterocycles. The van der Waals surface area contributed by atoms with E-state index < -0.39 is 0 Å². The first-order valence-corrected chi connectivity index (χ1v) is 9.49. The average Bonchev–Trinajstić information content (AvgIpc) is 3.38. The van der Waals surface area contributed by atoms with Crippen molar-refractivity contribution < 1.29 is 4.74 Å². The van der Waals surface area contributed by atoms with Crippen LogP contribution in [0.2, 0.25) is 0 Å². The summed E-state index contributed by atoms with van der Waals surface area (Å²) in [7, 11) is 0. The molecule has 0 N–H and O–H groups in total. The van der Waals surface area contributed by atoms with E-state index in [1.807, 2.05) is 20.0 Å². The Morgan fingerprint density at radius 3 is 2.67 bits per heavy atom. The highest BCUT2D eigenvalue weighted by molar-refractivity contribution is 5.70. The Morgan fingerprint density at radius 2 is 1.85 bits per heavy atom. The minimum Gasteiger partial charge on any atom is -0.367 e. The minimum atomic E-state index is -0.0358. The summed E-state index contributed by atoms with van der Waals surface area (Å²) in [5, 5.41) is 4.50. The topological polar surface area (TPSA) is 81.9 Å². The summed E-state index contributed by atoms with van der Waals surface area (Å²) in [4.78, 5) is 20.5. The van der Waals surface area contributed by atoms with Gasteiger partial charge in [0.2, 0.25) is 5.95 Å². The summed E-state index contributed by atoms with van der Waals surface area (Å²) in [6, 6.07) is 0.574. The summed E-state index contributed by atoms with van der Waals surface area (Å²) in [6.45, 7) is 7.43. The maximum Gasteiger partial charge on any atom is 0.227 e. The molecule has 2 aliphatic rings. The number of rotatable bonds is 3. The molecular weight excluding hydrogens is 342 g/mol. The summed E-state index contributed by atoms with van der Waals surface area (Å²) in [6.07, 6.45) is 8.30. The first kappa shape index (κ1) is 16.6. The van der Waals surface area contributed by atoms with Crippen LogP contribution < -0.4 is 4.90 Å². The maximum absolute atomic E-state index is 6.18. The lowest BCUT2D eigenvalue weighted by Crippen LogP contribution is -2.43. The lowest BCUT2D eigenvalue weighted by molar-refractivity contribution is -0.0178. The molecule has 27 heavy (non-hydrogen) atoms. The second-order valence-electron chi connectivity index (χ2n) is 7.60. The molecule has 140 valence electrons. The highest BCUT2D eigenvalue weighted by Crippen LogP contribution is 2.35. The number of hydrogen-bond acceptors (Lipinski definition) is 7. The van der Waals surface area contributed by atoms with Gasteiger partial charge in [-0.15, -0.1) is 0 Å². The van der Waals surface area contributed by atoms with Gasteiger partial charge in [0.1, 0.15) is 11.6 Å². The Kier molecular flexibility index (Phi) is 3.82. The Hall–Kier alpha value is -2.61. The number of ether oxygens (including phenoxy) is 1. The van der Waals surface area contributed by atoms with Gasteiger partial charge >= 0.3 is 0 Å². The van der Waals surface area contributed by atoms with Crippen LogP contribution in [0.3, 0.4) is 0 Å². The molecule has 0 spiro atoms. The van der Waals surface area contributed by atoms with Crippen molar-refractivity contribution in [3.63, 3.8) is 0 Å². The zero-order chi connectivity index (χ0) is 18.5. The van der Waals surface area contributed by atoms with Crippen LogP contribution in [-0.4, -0.2) is 48.9 Å².